The quantitative estimate of drug-likeness (QED) is 0.717. The zero-order valence-corrected chi connectivity index (χ0v) is 7.95. The number of H-pyrrole nitrogens is 1. The average Bonchev–Trinajstić information content (AvgIpc) is 2.65. The Balaban J connectivity index is 2.54. The summed E-state index contributed by atoms with van der Waals surface area (Å²) in [5.41, 5.74) is 3.87. The highest BCUT2D eigenvalue weighted by Gasteiger charge is 2.04. The Bertz CT molecular complexity index is 457. The summed E-state index contributed by atoms with van der Waals surface area (Å²) in [4.78, 5) is 13.6. The van der Waals surface area contributed by atoms with Crippen LogP contribution in [0.5, 0.6) is 0 Å². The zero-order chi connectivity index (χ0) is 9.97. The number of benzene rings is 1. The van der Waals surface area contributed by atoms with E-state index in [9.17, 15) is 4.79 Å². The molecule has 1 heterocycles. The van der Waals surface area contributed by atoms with Crippen LogP contribution in [0.15, 0.2) is 36.5 Å². The molecule has 0 aliphatic heterocycles. The lowest BCUT2D eigenvalue weighted by molar-refractivity contribution is 0.112. The molecule has 0 aliphatic carbocycles. The Morgan fingerprint density at radius 3 is 2.86 bits per heavy atom. The van der Waals surface area contributed by atoms with E-state index in [-0.39, 0.29) is 0 Å². The van der Waals surface area contributed by atoms with E-state index in [0.29, 0.717) is 5.69 Å². The van der Waals surface area contributed by atoms with Gasteiger partial charge in [0.1, 0.15) is 0 Å². The van der Waals surface area contributed by atoms with E-state index in [4.69, 9.17) is 0 Å². The second-order valence-corrected chi connectivity index (χ2v) is 3.29. The SMILES string of the molecule is Cc1cccc(-c2cc[nH]c2C=O)c1. The maximum Gasteiger partial charge on any atom is 0.166 e. The Labute approximate surface area is 82.6 Å². The largest absolute Gasteiger partial charge is 0.359 e. The second kappa shape index (κ2) is 3.50. The van der Waals surface area contributed by atoms with Gasteiger partial charge in [-0.3, -0.25) is 4.79 Å². The van der Waals surface area contributed by atoms with Gasteiger partial charge in [-0.1, -0.05) is 29.8 Å². The Kier molecular flexibility index (Phi) is 2.19. The van der Waals surface area contributed by atoms with E-state index in [0.717, 1.165) is 17.4 Å². The number of hydrogen-bond acceptors (Lipinski definition) is 1. The molecule has 2 rings (SSSR count). The molecule has 70 valence electrons. The number of rotatable bonds is 2. The van der Waals surface area contributed by atoms with E-state index in [1.54, 1.807) is 6.20 Å². The smallest absolute Gasteiger partial charge is 0.166 e. The van der Waals surface area contributed by atoms with Gasteiger partial charge in [0, 0.05) is 11.8 Å². The van der Waals surface area contributed by atoms with E-state index in [1.165, 1.54) is 5.56 Å². The van der Waals surface area contributed by atoms with E-state index >= 15 is 0 Å². The molecule has 2 nitrogen and oxygen atoms in total. The van der Waals surface area contributed by atoms with Gasteiger partial charge in [0.15, 0.2) is 6.29 Å². The lowest BCUT2D eigenvalue weighted by Crippen LogP contribution is -1.84. The first kappa shape index (κ1) is 8.75. The summed E-state index contributed by atoms with van der Waals surface area (Å²) in [5, 5.41) is 0. The van der Waals surface area contributed by atoms with Gasteiger partial charge < -0.3 is 4.98 Å². The van der Waals surface area contributed by atoms with Gasteiger partial charge in [-0.25, -0.2) is 0 Å². The Morgan fingerprint density at radius 2 is 2.14 bits per heavy atom. The minimum Gasteiger partial charge on any atom is -0.359 e. The van der Waals surface area contributed by atoms with Gasteiger partial charge in [-0.2, -0.15) is 0 Å². The van der Waals surface area contributed by atoms with Gasteiger partial charge in [-0.05, 0) is 18.6 Å². The maximum atomic E-state index is 10.7. The molecule has 0 bridgehead atoms. The van der Waals surface area contributed by atoms with Gasteiger partial charge in [0.25, 0.3) is 0 Å². The highest BCUT2D eigenvalue weighted by atomic mass is 16.1. The molecule has 2 heteroatoms. The third-order valence-corrected chi connectivity index (χ3v) is 2.23. The van der Waals surface area contributed by atoms with Crippen LogP contribution in [0, 0.1) is 6.92 Å². The number of hydrogen-bond donors (Lipinski definition) is 1. The van der Waals surface area contributed by atoms with Crippen molar-refractivity contribution in [3.8, 4) is 11.1 Å². The van der Waals surface area contributed by atoms with Crippen LogP contribution in [0.1, 0.15) is 16.1 Å². The molecular weight excluding hydrogens is 174 g/mol. The summed E-state index contributed by atoms with van der Waals surface area (Å²) >= 11 is 0. The zero-order valence-electron chi connectivity index (χ0n) is 7.95. The molecule has 0 saturated heterocycles. The maximum absolute atomic E-state index is 10.7. The fourth-order valence-electron chi connectivity index (χ4n) is 1.54. The van der Waals surface area contributed by atoms with Crippen LogP contribution in [-0.4, -0.2) is 11.3 Å². The summed E-state index contributed by atoms with van der Waals surface area (Å²) in [6.07, 6.45) is 2.62. The summed E-state index contributed by atoms with van der Waals surface area (Å²) in [6, 6.07) is 10.0. The van der Waals surface area contributed by atoms with Gasteiger partial charge >= 0.3 is 0 Å². The van der Waals surface area contributed by atoms with Gasteiger partial charge in [0.05, 0.1) is 5.69 Å². The predicted molar refractivity (Wildman–Crippen MR) is 56.4 cm³/mol. The molecule has 0 atom stereocenters. The van der Waals surface area contributed by atoms with Crippen molar-refractivity contribution < 1.29 is 4.79 Å². The van der Waals surface area contributed by atoms with E-state index in [1.807, 2.05) is 31.2 Å². The van der Waals surface area contributed by atoms with Crippen molar-refractivity contribution in [1.82, 2.24) is 4.98 Å². The molecule has 0 radical (unpaired) electrons. The second-order valence-electron chi connectivity index (χ2n) is 3.29. The monoisotopic (exact) mass is 185 g/mol. The molecular formula is C12H11NO. The Hall–Kier alpha value is -1.83. The fourth-order valence-corrected chi connectivity index (χ4v) is 1.54. The predicted octanol–water partition coefficient (Wildman–Crippen LogP) is 2.80. The number of carbonyl (C=O) groups is 1. The van der Waals surface area contributed by atoms with Crippen LogP contribution in [0.25, 0.3) is 11.1 Å². The minimum atomic E-state index is 0.635. The number of aryl methyl sites for hydroxylation is 1. The molecule has 1 N–H and O–H groups in total. The molecule has 0 amide bonds. The van der Waals surface area contributed by atoms with Crippen LogP contribution < -0.4 is 0 Å². The molecule has 2 aromatic rings. The van der Waals surface area contributed by atoms with Crippen LogP contribution in [0.4, 0.5) is 0 Å². The molecule has 0 aliphatic rings. The molecule has 0 fully saturated rings. The standard InChI is InChI=1S/C12H11NO/c1-9-3-2-4-10(7-9)11-5-6-13-12(11)8-14/h2-8,13H,1H3. The van der Waals surface area contributed by atoms with Crippen LogP contribution in [0.2, 0.25) is 0 Å². The van der Waals surface area contributed by atoms with Crippen molar-refractivity contribution in [3.63, 3.8) is 0 Å². The fraction of sp³-hybridized carbons (Fsp3) is 0.0833. The number of nitrogens with one attached hydrogen (secondary N) is 1. The van der Waals surface area contributed by atoms with Crippen LogP contribution in [-0.2, 0) is 0 Å². The molecule has 0 unspecified atom stereocenters. The molecule has 1 aromatic heterocycles. The van der Waals surface area contributed by atoms with Crippen molar-refractivity contribution in [2.45, 2.75) is 6.92 Å². The summed E-state index contributed by atoms with van der Waals surface area (Å²) < 4.78 is 0. The summed E-state index contributed by atoms with van der Waals surface area (Å²) in [6.45, 7) is 2.04. The molecule has 1 aromatic carbocycles. The number of carbonyl (C=O) groups excluding carboxylic acids is 1. The van der Waals surface area contributed by atoms with Crippen molar-refractivity contribution in [2.75, 3.05) is 0 Å². The van der Waals surface area contributed by atoms with Gasteiger partial charge in [-0.15, -0.1) is 0 Å². The summed E-state index contributed by atoms with van der Waals surface area (Å²) in [5.74, 6) is 0. The third-order valence-electron chi connectivity index (χ3n) is 2.23. The molecule has 14 heavy (non-hydrogen) atoms. The van der Waals surface area contributed by atoms with Gasteiger partial charge in [0.2, 0.25) is 0 Å². The molecule has 0 spiro atoms. The van der Waals surface area contributed by atoms with E-state index < -0.39 is 0 Å². The first-order valence-electron chi connectivity index (χ1n) is 4.51. The topological polar surface area (TPSA) is 32.9 Å². The van der Waals surface area contributed by atoms with Crippen molar-refractivity contribution >= 4 is 6.29 Å². The number of aromatic amines is 1. The lowest BCUT2D eigenvalue weighted by atomic mass is 10.0. The van der Waals surface area contributed by atoms with Crippen molar-refractivity contribution in [2.24, 2.45) is 0 Å². The third kappa shape index (κ3) is 1.46. The average molecular weight is 185 g/mol. The normalized spacial score (nSPS) is 10.1. The number of aromatic nitrogens is 1. The van der Waals surface area contributed by atoms with Crippen LogP contribution in [0.3, 0.4) is 0 Å². The van der Waals surface area contributed by atoms with Crippen molar-refractivity contribution in [1.29, 1.82) is 0 Å². The van der Waals surface area contributed by atoms with Crippen molar-refractivity contribution in [3.05, 3.63) is 47.8 Å². The summed E-state index contributed by atoms with van der Waals surface area (Å²) in [7, 11) is 0. The Morgan fingerprint density at radius 1 is 1.29 bits per heavy atom. The van der Waals surface area contributed by atoms with Crippen LogP contribution >= 0.6 is 0 Å². The first-order valence-corrected chi connectivity index (χ1v) is 4.51. The highest BCUT2D eigenvalue weighted by molar-refractivity contribution is 5.85. The number of aldehydes is 1. The molecule has 0 saturated carbocycles. The van der Waals surface area contributed by atoms with E-state index in [2.05, 4.69) is 11.1 Å². The minimum absolute atomic E-state index is 0.635. The lowest BCUT2D eigenvalue weighted by Gasteiger charge is -2.00. The first-order chi connectivity index (χ1) is 6.81. The highest BCUT2D eigenvalue weighted by Crippen LogP contribution is 2.22.